The molecule has 0 saturated carbocycles. The van der Waals surface area contributed by atoms with Gasteiger partial charge in [0.25, 0.3) is 24.1 Å². The molecule has 8 nitrogen and oxygen atoms in total. The summed E-state index contributed by atoms with van der Waals surface area (Å²) in [6.45, 7) is -1.46. The topological polar surface area (TPSA) is 117 Å². The van der Waals surface area contributed by atoms with E-state index in [0.717, 1.165) is 0 Å². The van der Waals surface area contributed by atoms with Crippen molar-refractivity contribution < 1.29 is 46.2 Å². The maximum atomic E-state index is 13.0. The van der Waals surface area contributed by atoms with E-state index < -0.39 is 49.6 Å². The van der Waals surface area contributed by atoms with Gasteiger partial charge in [0.2, 0.25) is 6.10 Å². The molecule has 0 fully saturated rings. The first-order valence-corrected chi connectivity index (χ1v) is 12.0. The predicted molar refractivity (Wildman–Crippen MR) is 141 cm³/mol. The Balaban J connectivity index is 1.80. The quantitative estimate of drug-likeness (QED) is 0.210. The van der Waals surface area contributed by atoms with Crippen LogP contribution in [0.3, 0.4) is 0 Å². The van der Waals surface area contributed by atoms with Crippen LogP contribution in [-0.4, -0.2) is 56.0 Å². The van der Waals surface area contributed by atoms with Crippen LogP contribution in [0.4, 0.5) is 33.3 Å². The lowest BCUT2D eigenvalue weighted by Crippen LogP contribution is -2.43. The van der Waals surface area contributed by atoms with Gasteiger partial charge in [-0.3, -0.25) is 14.4 Å². The summed E-state index contributed by atoms with van der Waals surface area (Å²) in [7, 11) is 5.63. The van der Waals surface area contributed by atoms with Crippen LogP contribution in [-0.2, 0) is 11.3 Å². The van der Waals surface area contributed by atoms with E-state index in [1.165, 1.54) is 60.7 Å². The van der Waals surface area contributed by atoms with Gasteiger partial charge in [-0.2, -0.15) is 13.2 Å². The number of nitrogens with one attached hydrogen (secondary N) is 3. The van der Waals surface area contributed by atoms with Crippen molar-refractivity contribution in [2.45, 2.75) is 25.3 Å². The molecule has 2 radical (unpaired) electrons. The Bertz CT molecular complexity index is 1420. The molecule has 214 valence electrons. The fourth-order valence-corrected chi connectivity index (χ4v) is 3.52. The predicted octanol–water partition coefficient (Wildman–Crippen LogP) is 3.82. The standard InChI is InChI=1S/C26H20BClF5N3O5/c27-14-2-4-15(5-3-14)35-24(39)18-10-16(6-8-20(18)41-12-21(29)30)36-23(38)17-9-13(1-7-19(17)28)11-34-25(40)22(37)26(31,32)33/h1-10,21-22,37H,11-12H2,(H,34,40)(H,35,39)(H,36,38). The highest BCUT2D eigenvalue weighted by atomic mass is 35.5. The number of aliphatic hydroxyl groups excluding tert-OH is 1. The zero-order valence-electron chi connectivity index (χ0n) is 20.8. The molecule has 4 N–H and O–H groups in total. The number of anilines is 2. The molecule has 41 heavy (non-hydrogen) atoms. The first-order chi connectivity index (χ1) is 19.2. The van der Waals surface area contributed by atoms with Crippen LogP contribution in [0.5, 0.6) is 5.75 Å². The van der Waals surface area contributed by atoms with E-state index >= 15 is 0 Å². The van der Waals surface area contributed by atoms with Crippen LogP contribution >= 0.6 is 11.6 Å². The van der Waals surface area contributed by atoms with Crippen LogP contribution in [0.2, 0.25) is 5.02 Å². The third-order valence-electron chi connectivity index (χ3n) is 5.32. The van der Waals surface area contributed by atoms with Crippen LogP contribution in [0.25, 0.3) is 0 Å². The molecule has 3 aromatic rings. The molecule has 3 amide bonds. The Morgan fingerprint density at radius 1 is 0.902 bits per heavy atom. The fourth-order valence-electron chi connectivity index (χ4n) is 3.32. The molecule has 3 aromatic carbocycles. The van der Waals surface area contributed by atoms with Crippen LogP contribution in [0, 0.1) is 0 Å². The molecule has 0 bridgehead atoms. The molecule has 1 atom stereocenters. The van der Waals surface area contributed by atoms with Crippen LogP contribution in [0.15, 0.2) is 60.7 Å². The molecule has 0 saturated heterocycles. The minimum Gasteiger partial charge on any atom is -0.487 e. The van der Waals surface area contributed by atoms with Gasteiger partial charge in [-0.15, -0.1) is 0 Å². The highest BCUT2D eigenvalue weighted by Gasteiger charge is 2.43. The largest absolute Gasteiger partial charge is 0.487 e. The molecule has 3 rings (SSSR count). The highest BCUT2D eigenvalue weighted by Crippen LogP contribution is 2.26. The van der Waals surface area contributed by atoms with Gasteiger partial charge >= 0.3 is 6.18 Å². The van der Waals surface area contributed by atoms with E-state index in [0.29, 0.717) is 11.2 Å². The monoisotopic (exact) mass is 595 g/mol. The van der Waals surface area contributed by atoms with Gasteiger partial charge in [-0.25, -0.2) is 8.78 Å². The number of rotatable bonds is 10. The fraction of sp³-hybridized carbons (Fsp3) is 0.192. The highest BCUT2D eigenvalue weighted by molar-refractivity contribution is 6.34. The van der Waals surface area contributed by atoms with Crippen LogP contribution < -0.4 is 26.2 Å². The van der Waals surface area contributed by atoms with Crippen LogP contribution in [0.1, 0.15) is 26.3 Å². The molecular formula is C26H20BClF5N3O5. The zero-order valence-corrected chi connectivity index (χ0v) is 21.5. The second-order valence-corrected chi connectivity index (χ2v) is 8.83. The number of aliphatic hydroxyl groups is 1. The number of ether oxygens (including phenoxy) is 1. The van der Waals surface area contributed by atoms with Gasteiger partial charge in [-0.05, 0) is 48.0 Å². The molecule has 15 heteroatoms. The third-order valence-corrected chi connectivity index (χ3v) is 5.65. The van der Waals surface area contributed by atoms with E-state index in [1.54, 1.807) is 0 Å². The number of amides is 3. The average Bonchev–Trinajstić information content (AvgIpc) is 2.91. The van der Waals surface area contributed by atoms with E-state index in [-0.39, 0.29) is 33.1 Å². The van der Waals surface area contributed by atoms with Crippen molar-refractivity contribution in [3.63, 3.8) is 0 Å². The molecular weight excluding hydrogens is 576 g/mol. The summed E-state index contributed by atoms with van der Waals surface area (Å²) in [6, 6.07) is 13.6. The van der Waals surface area contributed by atoms with E-state index in [9.17, 15) is 36.3 Å². The molecule has 1 unspecified atom stereocenters. The number of hydrogen-bond acceptors (Lipinski definition) is 5. The maximum absolute atomic E-state index is 13.0. The lowest BCUT2D eigenvalue weighted by Gasteiger charge is -2.15. The first-order valence-electron chi connectivity index (χ1n) is 11.6. The molecule has 0 heterocycles. The Morgan fingerprint density at radius 3 is 2.15 bits per heavy atom. The summed E-state index contributed by atoms with van der Waals surface area (Å²) >= 11 is 6.11. The number of carbonyl (C=O) groups excluding carboxylic acids is 3. The van der Waals surface area contributed by atoms with Crippen molar-refractivity contribution >= 4 is 54.0 Å². The van der Waals surface area contributed by atoms with Gasteiger partial charge in [-0.1, -0.05) is 35.3 Å². The molecule has 0 spiro atoms. The summed E-state index contributed by atoms with van der Waals surface area (Å²) in [4.78, 5) is 37.4. The minimum atomic E-state index is -5.15. The smallest absolute Gasteiger partial charge is 0.423 e. The van der Waals surface area contributed by atoms with Crippen molar-refractivity contribution in [2.75, 3.05) is 17.2 Å². The molecule has 0 aliphatic rings. The van der Waals surface area contributed by atoms with Crippen molar-refractivity contribution in [3.8, 4) is 5.75 Å². The number of benzene rings is 3. The third kappa shape index (κ3) is 8.92. The lowest BCUT2D eigenvalue weighted by atomic mass is 9.96. The molecule has 0 aliphatic heterocycles. The summed E-state index contributed by atoms with van der Waals surface area (Å²) in [5, 5.41) is 15.9. The van der Waals surface area contributed by atoms with Crippen molar-refractivity contribution in [2.24, 2.45) is 0 Å². The van der Waals surface area contributed by atoms with Gasteiger partial charge in [0.15, 0.2) is 0 Å². The summed E-state index contributed by atoms with van der Waals surface area (Å²) < 4.78 is 68.1. The summed E-state index contributed by atoms with van der Waals surface area (Å²) in [5.74, 6) is -3.41. The van der Waals surface area contributed by atoms with Crippen molar-refractivity contribution in [1.82, 2.24) is 5.32 Å². The second kappa shape index (κ2) is 13.5. The average molecular weight is 596 g/mol. The van der Waals surface area contributed by atoms with E-state index in [1.807, 2.05) is 5.32 Å². The minimum absolute atomic E-state index is 0.0462. The van der Waals surface area contributed by atoms with Gasteiger partial charge < -0.3 is 25.8 Å². The van der Waals surface area contributed by atoms with Crippen molar-refractivity contribution in [3.05, 3.63) is 82.4 Å². The molecule has 0 aromatic heterocycles. The molecule has 0 aliphatic carbocycles. The van der Waals surface area contributed by atoms with E-state index in [2.05, 4.69) is 10.6 Å². The number of halogens is 6. The van der Waals surface area contributed by atoms with Gasteiger partial charge in [0.05, 0.1) is 16.1 Å². The lowest BCUT2D eigenvalue weighted by molar-refractivity contribution is -0.205. The number of alkyl halides is 5. The first kappa shape index (κ1) is 31.4. The Labute approximate surface area is 236 Å². The van der Waals surface area contributed by atoms with E-state index in [4.69, 9.17) is 29.3 Å². The van der Waals surface area contributed by atoms with Gasteiger partial charge in [0.1, 0.15) is 20.2 Å². The Hall–Kier alpha value is -4.17. The second-order valence-electron chi connectivity index (χ2n) is 8.42. The Morgan fingerprint density at radius 2 is 1.51 bits per heavy atom. The maximum Gasteiger partial charge on any atom is 0.423 e. The normalized spacial score (nSPS) is 12.0. The summed E-state index contributed by atoms with van der Waals surface area (Å²) in [6.07, 6.45) is -11.2. The Kier molecular flexibility index (Phi) is 10.3. The zero-order chi connectivity index (χ0) is 30.3. The summed E-state index contributed by atoms with van der Waals surface area (Å²) in [5.41, 5.74) is 0.688. The number of carbonyl (C=O) groups is 3. The van der Waals surface area contributed by atoms with Gasteiger partial charge in [0, 0.05) is 17.9 Å². The number of hydrogen-bond donors (Lipinski definition) is 4. The SMILES string of the molecule is [B]c1ccc(NC(=O)c2cc(NC(=O)c3cc(CNC(=O)C(O)C(F)(F)F)ccc3Cl)ccc2OCC(F)F)cc1. The van der Waals surface area contributed by atoms with Crippen molar-refractivity contribution in [1.29, 1.82) is 0 Å².